The first-order valence-electron chi connectivity index (χ1n) is 6.25. The minimum absolute atomic E-state index is 0.157. The first-order valence-corrected chi connectivity index (χ1v) is 6.25. The van der Waals surface area contributed by atoms with E-state index in [4.69, 9.17) is 0 Å². The smallest absolute Gasteiger partial charge is 0.115 e. The van der Waals surface area contributed by atoms with Gasteiger partial charge in [0.25, 0.3) is 0 Å². The molecule has 2 aromatic rings. The lowest BCUT2D eigenvalue weighted by Gasteiger charge is -2.21. The van der Waals surface area contributed by atoms with Crippen LogP contribution in [0, 0.1) is 0 Å². The minimum Gasteiger partial charge on any atom is -0.508 e. The summed E-state index contributed by atoms with van der Waals surface area (Å²) < 4.78 is 2.13. The van der Waals surface area contributed by atoms with E-state index in [1.807, 2.05) is 18.3 Å². The molecule has 0 fully saturated rings. The molecule has 1 atom stereocenters. The van der Waals surface area contributed by atoms with Crippen LogP contribution in [-0.2, 0) is 6.54 Å². The SMILES string of the molecule is OCC1CCCn2cc(-c3ccc(O)cc3)nc21. The molecular weight excluding hydrogens is 228 g/mol. The third-order valence-electron chi connectivity index (χ3n) is 3.51. The molecule has 3 rings (SSSR count). The summed E-state index contributed by atoms with van der Waals surface area (Å²) in [6.07, 6.45) is 4.12. The Bertz CT molecular complexity index is 545. The average Bonchev–Trinajstić information content (AvgIpc) is 2.83. The Morgan fingerprint density at radius 3 is 2.78 bits per heavy atom. The van der Waals surface area contributed by atoms with E-state index < -0.39 is 0 Å². The van der Waals surface area contributed by atoms with E-state index in [0.29, 0.717) is 0 Å². The Morgan fingerprint density at radius 2 is 2.06 bits per heavy atom. The van der Waals surface area contributed by atoms with Crippen LogP contribution in [0.25, 0.3) is 11.3 Å². The number of aromatic nitrogens is 2. The number of aliphatic hydroxyl groups is 1. The van der Waals surface area contributed by atoms with Crippen LogP contribution in [0.5, 0.6) is 5.75 Å². The Morgan fingerprint density at radius 1 is 1.28 bits per heavy atom. The molecule has 1 aliphatic heterocycles. The van der Waals surface area contributed by atoms with Gasteiger partial charge in [-0.25, -0.2) is 4.98 Å². The summed E-state index contributed by atoms with van der Waals surface area (Å²) in [5.41, 5.74) is 1.90. The van der Waals surface area contributed by atoms with Gasteiger partial charge in [-0.15, -0.1) is 0 Å². The maximum absolute atomic E-state index is 9.37. The van der Waals surface area contributed by atoms with Crippen LogP contribution >= 0.6 is 0 Å². The van der Waals surface area contributed by atoms with Gasteiger partial charge in [-0.1, -0.05) is 0 Å². The fourth-order valence-electron chi connectivity index (χ4n) is 2.52. The van der Waals surface area contributed by atoms with E-state index in [1.54, 1.807) is 12.1 Å². The zero-order valence-electron chi connectivity index (χ0n) is 10.1. The highest BCUT2D eigenvalue weighted by Gasteiger charge is 2.22. The van der Waals surface area contributed by atoms with Crippen LogP contribution in [0.2, 0.25) is 0 Å². The second-order valence-electron chi connectivity index (χ2n) is 4.75. The molecule has 1 unspecified atom stereocenters. The number of aliphatic hydroxyl groups excluding tert-OH is 1. The number of nitrogens with zero attached hydrogens (tertiary/aromatic N) is 2. The van der Waals surface area contributed by atoms with Gasteiger partial charge in [-0.05, 0) is 37.1 Å². The van der Waals surface area contributed by atoms with Crippen molar-refractivity contribution in [2.45, 2.75) is 25.3 Å². The van der Waals surface area contributed by atoms with Crippen molar-refractivity contribution >= 4 is 0 Å². The summed E-state index contributed by atoms with van der Waals surface area (Å²) >= 11 is 0. The topological polar surface area (TPSA) is 58.3 Å². The molecule has 0 bridgehead atoms. The van der Waals surface area contributed by atoms with Gasteiger partial charge < -0.3 is 14.8 Å². The molecular formula is C14H16N2O2. The number of hydrogen-bond acceptors (Lipinski definition) is 3. The number of hydrogen-bond donors (Lipinski definition) is 2. The number of aryl methyl sites for hydroxylation is 1. The van der Waals surface area contributed by atoms with Gasteiger partial charge in [-0.3, -0.25) is 0 Å². The van der Waals surface area contributed by atoms with Gasteiger partial charge in [0.1, 0.15) is 11.6 Å². The molecule has 0 aliphatic carbocycles. The number of fused-ring (bicyclic) bond motifs is 1. The van der Waals surface area contributed by atoms with Crippen LogP contribution in [0.1, 0.15) is 24.6 Å². The van der Waals surface area contributed by atoms with Crippen molar-refractivity contribution in [3.05, 3.63) is 36.3 Å². The van der Waals surface area contributed by atoms with E-state index in [2.05, 4.69) is 9.55 Å². The molecule has 0 saturated carbocycles. The minimum atomic E-state index is 0.157. The summed E-state index contributed by atoms with van der Waals surface area (Å²) in [5, 5.41) is 18.7. The van der Waals surface area contributed by atoms with Crippen LogP contribution in [0.15, 0.2) is 30.5 Å². The van der Waals surface area contributed by atoms with Gasteiger partial charge in [0.05, 0.1) is 12.3 Å². The average molecular weight is 244 g/mol. The number of phenolic OH excluding ortho intramolecular Hbond substituents is 1. The number of aromatic hydroxyl groups is 1. The molecule has 0 saturated heterocycles. The van der Waals surface area contributed by atoms with E-state index in [-0.39, 0.29) is 18.3 Å². The lowest BCUT2D eigenvalue weighted by Crippen LogP contribution is -2.18. The molecule has 0 radical (unpaired) electrons. The molecule has 18 heavy (non-hydrogen) atoms. The van der Waals surface area contributed by atoms with Gasteiger partial charge in [0.15, 0.2) is 0 Å². The molecule has 1 aliphatic rings. The molecule has 0 amide bonds. The van der Waals surface area contributed by atoms with Crippen LogP contribution in [-0.4, -0.2) is 26.4 Å². The zero-order valence-corrected chi connectivity index (χ0v) is 10.1. The predicted molar refractivity (Wildman–Crippen MR) is 68.4 cm³/mol. The number of rotatable bonds is 2. The third kappa shape index (κ3) is 1.88. The third-order valence-corrected chi connectivity index (χ3v) is 3.51. The molecule has 94 valence electrons. The van der Waals surface area contributed by atoms with Gasteiger partial charge in [0, 0.05) is 24.2 Å². The quantitative estimate of drug-likeness (QED) is 0.850. The lowest BCUT2D eigenvalue weighted by atomic mass is 10.0. The zero-order chi connectivity index (χ0) is 12.5. The molecule has 2 N–H and O–H groups in total. The fraction of sp³-hybridized carbons (Fsp3) is 0.357. The van der Waals surface area contributed by atoms with E-state index >= 15 is 0 Å². The van der Waals surface area contributed by atoms with Crippen molar-refractivity contribution in [2.24, 2.45) is 0 Å². The lowest BCUT2D eigenvalue weighted by molar-refractivity contribution is 0.238. The van der Waals surface area contributed by atoms with Gasteiger partial charge in [-0.2, -0.15) is 0 Å². The van der Waals surface area contributed by atoms with Crippen LogP contribution in [0.4, 0.5) is 0 Å². The summed E-state index contributed by atoms with van der Waals surface area (Å²) in [7, 11) is 0. The maximum atomic E-state index is 9.37. The normalized spacial score (nSPS) is 18.6. The van der Waals surface area contributed by atoms with Crippen LogP contribution < -0.4 is 0 Å². The first-order chi connectivity index (χ1) is 8.78. The monoisotopic (exact) mass is 244 g/mol. The Kier molecular flexibility index (Phi) is 2.80. The number of imidazole rings is 1. The largest absolute Gasteiger partial charge is 0.508 e. The van der Waals surface area contributed by atoms with Crippen molar-refractivity contribution in [2.75, 3.05) is 6.61 Å². The summed E-state index contributed by atoms with van der Waals surface area (Å²) in [4.78, 5) is 4.62. The van der Waals surface area contributed by atoms with Crippen molar-refractivity contribution in [3.8, 4) is 17.0 Å². The highest BCUT2D eigenvalue weighted by atomic mass is 16.3. The van der Waals surface area contributed by atoms with Crippen molar-refractivity contribution in [3.63, 3.8) is 0 Å². The van der Waals surface area contributed by atoms with Crippen molar-refractivity contribution in [1.82, 2.24) is 9.55 Å². The molecule has 0 spiro atoms. The molecule has 1 aromatic heterocycles. The van der Waals surface area contributed by atoms with Crippen LogP contribution in [0.3, 0.4) is 0 Å². The highest BCUT2D eigenvalue weighted by Crippen LogP contribution is 2.29. The Labute approximate surface area is 106 Å². The Balaban J connectivity index is 1.99. The van der Waals surface area contributed by atoms with E-state index in [9.17, 15) is 10.2 Å². The summed E-state index contributed by atoms with van der Waals surface area (Å²) in [5.74, 6) is 1.40. The summed E-state index contributed by atoms with van der Waals surface area (Å²) in [6.45, 7) is 1.13. The van der Waals surface area contributed by atoms with Gasteiger partial charge in [0.2, 0.25) is 0 Å². The van der Waals surface area contributed by atoms with E-state index in [1.165, 1.54) is 0 Å². The standard InChI is InChI=1S/C14H16N2O2/c17-9-11-2-1-7-16-8-13(15-14(11)16)10-3-5-12(18)6-4-10/h3-6,8,11,17-18H,1-2,7,9H2. The molecule has 2 heterocycles. The maximum Gasteiger partial charge on any atom is 0.115 e. The van der Waals surface area contributed by atoms with E-state index in [0.717, 1.165) is 36.5 Å². The summed E-state index contributed by atoms with van der Waals surface area (Å²) in [6, 6.07) is 7.05. The number of phenols is 1. The fourth-order valence-corrected chi connectivity index (χ4v) is 2.52. The first kappa shape index (κ1) is 11.3. The predicted octanol–water partition coefficient (Wildman–Crippen LogP) is 2.13. The highest BCUT2D eigenvalue weighted by molar-refractivity contribution is 5.59. The van der Waals surface area contributed by atoms with Crippen molar-refractivity contribution < 1.29 is 10.2 Å². The van der Waals surface area contributed by atoms with Crippen molar-refractivity contribution in [1.29, 1.82) is 0 Å². The second-order valence-corrected chi connectivity index (χ2v) is 4.75. The molecule has 4 heteroatoms. The number of benzene rings is 1. The second kappa shape index (κ2) is 4.46. The Hall–Kier alpha value is -1.81. The van der Waals surface area contributed by atoms with Gasteiger partial charge >= 0.3 is 0 Å². The molecule has 4 nitrogen and oxygen atoms in total. The molecule has 1 aromatic carbocycles.